The van der Waals surface area contributed by atoms with Gasteiger partial charge in [-0.25, -0.2) is 4.98 Å². The first kappa shape index (κ1) is 14.9. The summed E-state index contributed by atoms with van der Waals surface area (Å²) in [5.74, 6) is 0. The lowest BCUT2D eigenvalue weighted by Crippen LogP contribution is -2.08. The Morgan fingerprint density at radius 2 is 2.05 bits per heavy atom. The molecule has 20 heavy (non-hydrogen) atoms. The van der Waals surface area contributed by atoms with Crippen molar-refractivity contribution in [1.82, 2.24) is 9.55 Å². The minimum absolute atomic E-state index is 0.388. The number of aryl methyl sites for hydroxylation is 1. The lowest BCUT2D eigenvalue weighted by molar-refractivity contribution is -0.137. The van der Waals surface area contributed by atoms with E-state index in [4.69, 9.17) is 0 Å². The Hall–Kier alpha value is -1.50. The van der Waals surface area contributed by atoms with Gasteiger partial charge in [-0.15, -0.1) is 0 Å². The largest absolute Gasteiger partial charge is 0.416 e. The van der Waals surface area contributed by atoms with Crippen LogP contribution < -0.4 is 5.32 Å². The lowest BCUT2D eigenvalue weighted by Gasteiger charge is -2.12. The van der Waals surface area contributed by atoms with Gasteiger partial charge in [-0.2, -0.15) is 13.2 Å². The van der Waals surface area contributed by atoms with Crippen LogP contribution in [0.1, 0.15) is 18.2 Å². The predicted molar refractivity (Wildman–Crippen MR) is 74.4 cm³/mol. The summed E-state index contributed by atoms with van der Waals surface area (Å²) in [6.07, 6.45) is -0.969. The number of alkyl halides is 3. The molecule has 0 amide bonds. The predicted octanol–water partition coefficient (Wildman–Crippen LogP) is 4.30. The first-order valence-electron chi connectivity index (χ1n) is 6.01. The summed E-state index contributed by atoms with van der Waals surface area (Å²) in [4.78, 5) is 4.01. The van der Waals surface area contributed by atoms with E-state index in [0.717, 1.165) is 24.4 Å². The van der Waals surface area contributed by atoms with Crippen molar-refractivity contribution in [2.24, 2.45) is 0 Å². The van der Waals surface area contributed by atoms with Gasteiger partial charge in [0.25, 0.3) is 0 Å². The zero-order valence-corrected chi connectivity index (χ0v) is 12.3. The fourth-order valence-corrected chi connectivity index (χ4v) is 2.32. The fraction of sp³-hybridized carbons (Fsp3) is 0.308. The van der Waals surface area contributed by atoms with Crippen LogP contribution in [0.3, 0.4) is 0 Å². The summed E-state index contributed by atoms with van der Waals surface area (Å²) < 4.78 is 40.5. The number of hydrogen-bond donors (Lipinski definition) is 1. The molecular formula is C13H13BrF3N3. The molecular weight excluding hydrogens is 335 g/mol. The zero-order chi connectivity index (χ0) is 14.8. The molecule has 1 aromatic heterocycles. The van der Waals surface area contributed by atoms with Gasteiger partial charge in [-0.05, 0) is 25.1 Å². The minimum Gasteiger partial charge on any atom is -0.379 e. The first-order chi connectivity index (χ1) is 9.40. The van der Waals surface area contributed by atoms with Crippen LogP contribution in [0, 0.1) is 0 Å². The average molecular weight is 348 g/mol. The van der Waals surface area contributed by atoms with E-state index in [0.29, 0.717) is 16.7 Å². The molecule has 0 aliphatic carbocycles. The quantitative estimate of drug-likeness (QED) is 0.893. The number of nitrogens with one attached hydrogen (secondary N) is 1. The SMILES string of the molecule is CCn1cncc1CNc1cc(Br)cc(C(F)(F)F)c1. The molecule has 0 spiro atoms. The number of nitrogens with zero attached hydrogens (tertiary/aromatic N) is 2. The molecule has 3 nitrogen and oxygen atoms in total. The Morgan fingerprint density at radius 1 is 1.30 bits per heavy atom. The van der Waals surface area contributed by atoms with Crippen molar-refractivity contribution in [1.29, 1.82) is 0 Å². The maximum absolute atomic E-state index is 12.7. The van der Waals surface area contributed by atoms with E-state index in [9.17, 15) is 13.2 Å². The van der Waals surface area contributed by atoms with Crippen LogP contribution in [0.5, 0.6) is 0 Å². The summed E-state index contributed by atoms with van der Waals surface area (Å²) in [6, 6.07) is 3.76. The topological polar surface area (TPSA) is 29.9 Å². The lowest BCUT2D eigenvalue weighted by atomic mass is 10.2. The molecule has 0 aliphatic heterocycles. The standard InChI is InChI=1S/C13H13BrF3N3/c1-2-20-8-18-6-12(20)7-19-11-4-9(13(15,16)17)3-10(14)5-11/h3-6,8,19H,2,7H2,1H3. The molecule has 2 rings (SSSR count). The van der Waals surface area contributed by atoms with E-state index in [1.54, 1.807) is 18.6 Å². The Balaban J connectivity index is 2.16. The molecule has 0 saturated heterocycles. The van der Waals surface area contributed by atoms with Crippen LogP contribution in [0.4, 0.5) is 18.9 Å². The van der Waals surface area contributed by atoms with Crippen molar-refractivity contribution in [2.75, 3.05) is 5.32 Å². The van der Waals surface area contributed by atoms with Gasteiger partial charge in [-0.1, -0.05) is 15.9 Å². The summed E-state index contributed by atoms with van der Waals surface area (Å²) in [6.45, 7) is 3.16. The Morgan fingerprint density at radius 3 is 2.70 bits per heavy atom. The molecule has 0 unspecified atom stereocenters. The molecule has 0 radical (unpaired) electrons. The molecule has 0 aliphatic rings. The molecule has 1 heterocycles. The molecule has 1 aromatic carbocycles. The third kappa shape index (κ3) is 3.53. The second-order valence-corrected chi connectivity index (χ2v) is 5.17. The highest BCUT2D eigenvalue weighted by atomic mass is 79.9. The van der Waals surface area contributed by atoms with Crippen LogP contribution in [0.25, 0.3) is 0 Å². The van der Waals surface area contributed by atoms with Crippen molar-refractivity contribution < 1.29 is 13.2 Å². The van der Waals surface area contributed by atoms with Crippen molar-refractivity contribution >= 4 is 21.6 Å². The Labute approximate surface area is 123 Å². The number of benzene rings is 1. The Kier molecular flexibility index (Phi) is 4.37. The summed E-state index contributed by atoms with van der Waals surface area (Å²) in [7, 11) is 0. The van der Waals surface area contributed by atoms with E-state index < -0.39 is 11.7 Å². The smallest absolute Gasteiger partial charge is 0.379 e. The number of imidazole rings is 1. The molecule has 0 bridgehead atoms. The number of hydrogen-bond acceptors (Lipinski definition) is 2. The van der Waals surface area contributed by atoms with E-state index >= 15 is 0 Å². The van der Waals surface area contributed by atoms with Crippen LogP contribution in [0.15, 0.2) is 35.2 Å². The van der Waals surface area contributed by atoms with Gasteiger partial charge in [0.1, 0.15) is 0 Å². The highest BCUT2D eigenvalue weighted by Crippen LogP contribution is 2.33. The van der Waals surface area contributed by atoms with E-state index in [1.807, 2.05) is 11.5 Å². The van der Waals surface area contributed by atoms with Crippen LogP contribution in [0.2, 0.25) is 0 Å². The maximum Gasteiger partial charge on any atom is 0.416 e. The fourth-order valence-electron chi connectivity index (χ4n) is 1.83. The molecule has 2 aromatic rings. The number of anilines is 1. The number of aromatic nitrogens is 2. The minimum atomic E-state index is -4.36. The van der Waals surface area contributed by atoms with Gasteiger partial charge in [-0.3, -0.25) is 0 Å². The third-order valence-electron chi connectivity index (χ3n) is 2.84. The third-order valence-corrected chi connectivity index (χ3v) is 3.30. The number of rotatable bonds is 4. The van der Waals surface area contributed by atoms with E-state index in [-0.39, 0.29) is 0 Å². The second kappa shape index (κ2) is 5.87. The van der Waals surface area contributed by atoms with Gasteiger partial charge in [0.15, 0.2) is 0 Å². The van der Waals surface area contributed by atoms with Crippen LogP contribution in [-0.4, -0.2) is 9.55 Å². The van der Waals surface area contributed by atoms with Crippen molar-refractivity contribution in [3.63, 3.8) is 0 Å². The van der Waals surface area contributed by atoms with Crippen LogP contribution >= 0.6 is 15.9 Å². The summed E-state index contributed by atoms with van der Waals surface area (Å²) >= 11 is 3.09. The Bertz CT molecular complexity index is 593. The molecule has 0 atom stereocenters. The molecule has 0 fully saturated rings. The van der Waals surface area contributed by atoms with Crippen LogP contribution in [-0.2, 0) is 19.3 Å². The highest BCUT2D eigenvalue weighted by molar-refractivity contribution is 9.10. The van der Waals surface area contributed by atoms with Gasteiger partial charge in [0, 0.05) is 22.9 Å². The molecule has 0 saturated carbocycles. The van der Waals surface area contributed by atoms with Crippen molar-refractivity contribution in [2.45, 2.75) is 26.2 Å². The van der Waals surface area contributed by atoms with Crippen molar-refractivity contribution in [3.05, 3.63) is 46.5 Å². The molecule has 7 heteroatoms. The van der Waals surface area contributed by atoms with Gasteiger partial charge in [0.2, 0.25) is 0 Å². The van der Waals surface area contributed by atoms with Gasteiger partial charge in [0.05, 0.1) is 24.1 Å². The summed E-state index contributed by atoms with van der Waals surface area (Å²) in [5.41, 5.74) is 0.648. The average Bonchev–Trinajstić information content (AvgIpc) is 2.82. The van der Waals surface area contributed by atoms with E-state index in [1.165, 1.54) is 0 Å². The van der Waals surface area contributed by atoms with Gasteiger partial charge >= 0.3 is 6.18 Å². The van der Waals surface area contributed by atoms with Gasteiger partial charge < -0.3 is 9.88 Å². The summed E-state index contributed by atoms with van der Waals surface area (Å²) in [5, 5.41) is 2.98. The van der Waals surface area contributed by atoms with E-state index in [2.05, 4.69) is 26.2 Å². The monoisotopic (exact) mass is 347 g/mol. The second-order valence-electron chi connectivity index (χ2n) is 4.25. The highest BCUT2D eigenvalue weighted by Gasteiger charge is 2.31. The maximum atomic E-state index is 12.7. The first-order valence-corrected chi connectivity index (χ1v) is 6.80. The number of halogens is 4. The normalized spacial score (nSPS) is 11.7. The zero-order valence-electron chi connectivity index (χ0n) is 10.7. The molecule has 108 valence electrons. The van der Waals surface area contributed by atoms with Crippen molar-refractivity contribution in [3.8, 4) is 0 Å². The molecule has 1 N–H and O–H groups in total.